The fraction of sp³-hybridized carbons (Fsp3) is 0.385. The van der Waals surface area contributed by atoms with Crippen molar-refractivity contribution in [1.82, 2.24) is 0 Å². The van der Waals surface area contributed by atoms with Crippen LogP contribution in [0.2, 0.25) is 0 Å². The van der Waals surface area contributed by atoms with Gasteiger partial charge in [0.15, 0.2) is 5.11 Å². The maximum atomic E-state index is 11.2. The number of benzene rings is 1. The fourth-order valence-electron chi connectivity index (χ4n) is 2.12. The van der Waals surface area contributed by atoms with E-state index in [0.717, 1.165) is 30.2 Å². The molecule has 1 amide bonds. The van der Waals surface area contributed by atoms with Gasteiger partial charge in [-0.1, -0.05) is 0 Å². The third-order valence-electron chi connectivity index (χ3n) is 2.93. The van der Waals surface area contributed by atoms with Gasteiger partial charge in [0.2, 0.25) is 5.91 Å². The number of ether oxygens (including phenoxy) is 1. The second-order valence-corrected chi connectivity index (χ2v) is 4.94. The van der Waals surface area contributed by atoms with E-state index in [1.165, 1.54) is 6.92 Å². The minimum absolute atomic E-state index is 0.104. The number of carbonyl (C=O) groups is 1. The number of rotatable bonds is 3. The molecule has 0 bridgehead atoms. The fourth-order valence-corrected chi connectivity index (χ4v) is 2.23. The Bertz CT molecular complexity index is 515. The summed E-state index contributed by atoms with van der Waals surface area (Å²) in [5, 5.41) is 5.96. The van der Waals surface area contributed by atoms with Crippen molar-refractivity contribution in [2.45, 2.75) is 6.92 Å². The van der Waals surface area contributed by atoms with Gasteiger partial charge < -0.3 is 26.0 Å². The predicted molar refractivity (Wildman–Crippen MR) is 84.2 cm³/mol. The van der Waals surface area contributed by atoms with E-state index < -0.39 is 0 Å². The lowest BCUT2D eigenvalue weighted by molar-refractivity contribution is -0.114. The second-order valence-electron chi connectivity index (χ2n) is 4.50. The average Bonchev–Trinajstić information content (AvgIpc) is 2.40. The summed E-state index contributed by atoms with van der Waals surface area (Å²) in [5.41, 5.74) is 8.07. The molecule has 0 radical (unpaired) electrons. The van der Waals surface area contributed by atoms with Gasteiger partial charge in [-0.05, 0) is 30.4 Å². The first kappa shape index (κ1) is 14.5. The van der Waals surface area contributed by atoms with Crippen molar-refractivity contribution in [2.75, 3.05) is 41.8 Å². The Labute approximate surface area is 123 Å². The number of morpholine rings is 1. The molecule has 20 heavy (non-hydrogen) atoms. The SMILES string of the molecule is CC(=O)Nc1ccc(NC(N)=S)c(N2CCOCC2)c1. The highest BCUT2D eigenvalue weighted by molar-refractivity contribution is 7.80. The zero-order valence-electron chi connectivity index (χ0n) is 11.3. The van der Waals surface area contributed by atoms with Gasteiger partial charge >= 0.3 is 0 Å². The highest BCUT2D eigenvalue weighted by atomic mass is 32.1. The van der Waals surface area contributed by atoms with Crippen LogP contribution >= 0.6 is 12.2 Å². The highest BCUT2D eigenvalue weighted by Gasteiger charge is 2.16. The number of amides is 1. The topological polar surface area (TPSA) is 79.6 Å². The van der Waals surface area contributed by atoms with Crippen LogP contribution < -0.4 is 21.3 Å². The van der Waals surface area contributed by atoms with Gasteiger partial charge in [-0.2, -0.15) is 0 Å². The van der Waals surface area contributed by atoms with E-state index in [1.807, 2.05) is 18.2 Å². The molecule has 0 aromatic heterocycles. The Hall–Kier alpha value is -1.86. The molecule has 0 aliphatic carbocycles. The van der Waals surface area contributed by atoms with Crippen LogP contribution in [0.3, 0.4) is 0 Å². The summed E-state index contributed by atoms with van der Waals surface area (Å²) >= 11 is 4.90. The van der Waals surface area contributed by atoms with E-state index in [1.54, 1.807) is 0 Å². The van der Waals surface area contributed by atoms with Crippen LogP contribution in [0, 0.1) is 0 Å². The van der Waals surface area contributed by atoms with Gasteiger partial charge in [0, 0.05) is 25.7 Å². The molecule has 0 atom stereocenters. The van der Waals surface area contributed by atoms with Crippen molar-refractivity contribution in [3.8, 4) is 0 Å². The lowest BCUT2D eigenvalue weighted by Crippen LogP contribution is -2.37. The zero-order chi connectivity index (χ0) is 14.5. The van der Waals surface area contributed by atoms with Gasteiger partial charge in [0.1, 0.15) is 0 Å². The molecule has 1 heterocycles. The smallest absolute Gasteiger partial charge is 0.221 e. The molecule has 1 aromatic carbocycles. The van der Waals surface area contributed by atoms with Crippen molar-refractivity contribution in [3.05, 3.63) is 18.2 Å². The van der Waals surface area contributed by atoms with E-state index in [2.05, 4.69) is 15.5 Å². The Morgan fingerprint density at radius 3 is 2.65 bits per heavy atom. The van der Waals surface area contributed by atoms with Crippen LogP contribution in [0.4, 0.5) is 17.1 Å². The monoisotopic (exact) mass is 294 g/mol. The summed E-state index contributed by atoms with van der Waals surface area (Å²) in [6.45, 7) is 4.41. The molecule has 6 nitrogen and oxygen atoms in total. The van der Waals surface area contributed by atoms with E-state index in [0.29, 0.717) is 13.2 Å². The molecule has 2 rings (SSSR count). The van der Waals surface area contributed by atoms with Crippen molar-refractivity contribution in [3.63, 3.8) is 0 Å². The number of nitrogens with one attached hydrogen (secondary N) is 2. The van der Waals surface area contributed by atoms with Crippen LogP contribution in [-0.4, -0.2) is 37.3 Å². The van der Waals surface area contributed by atoms with E-state index in [4.69, 9.17) is 22.7 Å². The number of hydrogen-bond donors (Lipinski definition) is 3. The Kier molecular flexibility index (Phi) is 4.75. The Balaban J connectivity index is 2.30. The Morgan fingerprint density at radius 1 is 1.35 bits per heavy atom. The average molecular weight is 294 g/mol. The van der Waals surface area contributed by atoms with Crippen molar-refractivity contribution in [2.24, 2.45) is 5.73 Å². The molecule has 1 aromatic rings. The summed E-state index contributed by atoms with van der Waals surface area (Å²) < 4.78 is 5.35. The molecule has 4 N–H and O–H groups in total. The third kappa shape index (κ3) is 3.82. The minimum Gasteiger partial charge on any atom is -0.378 e. The molecule has 1 saturated heterocycles. The van der Waals surface area contributed by atoms with E-state index >= 15 is 0 Å². The van der Waals surface area contributed by atoms with Gasteiger partial charge in [-0.15, -0.1) is 0 Å². The van der Waals surface area contributed by atoms with E-state index in [-0.39, 0.29) is 11.0 Å². The maximum absolute atomic E-state index is 11.2. The zero-order valence-corrected chi connectivity index (χ0v) is 12.1. The second kappa shape index (κ2) is 6.53. The number of nitrogens with two attached hydrogens (primary N) is 1. The number of carbonyl (C=O) groups excluding carboxylic acids is 1. The van der Waals surface area contributed by atoms with Crippen molar-refractivity contribution >= 4 is 40.3 Å². The van der Waals surface area contributed by atoms with Crippen LogP contribution in [0.5, 0.6) is 0 Å². The van der Waals surface area contributed by atoms with Crippen molar-refractivity contribution < 1.29 is 9.53 Å². The molecule has 7 heteroatoms. The predicted octanol–water partition coefficient (Wildman–Crippen LogP) is 1.14. The van der Waals surface area contributed by atoms with Gasteiger partial charge in [-0.3, -0.25) is 4.79 Å². The molecular formula is C13H18N4O2S. The maximum Gasteiger partial charge on any atom is 0.221 e. The summed E-state index contributed by atoms with van der Waals surface area (Å²) in [7, 11) is 0. The van der Waals surface area contributed by atoms with Crippen molar-refractivity contribution in [1.29, 1.82) is 0 Å². The minimum atomic E-state index is -0.104. The third-order valence-corrected chi connectivity index (χ3v) is 3.03. The number of anilines is 3. The van der Waals surface area contributed by atoms with Gasteiger partial charge in [0.25, 0.3) is 0 Å². The highest BCUT2D eigenvalue weighted by Crippen LogP contribution is 2.30. The van der Waals surface area contributed by atoms with Crippen LogP contribution in [0.25, 0.3) is 0 Å². The molecule has 0 unspecified atom stereocenters. The first-order chi connectivity index (χ1) is 9.56. The largest absolute Gasteiger partial charge is 0.378 e. The molecule has 1 aliphatic rings. The number of hydrogen-bond acceptors (Lipinski definition) is 4. The van der Waals surface area contributed by atoms with Crippen LogP contribution in [-0.2, 0) is 9.53 Å². The lowest BCUT2D eigenvalue weighted by Gasteiger charge is -2.31. The summed E-state index contributed by atoms with van der Waals surface area (Å²) in [4.78, 5) is 13.3. The van der Waals surface area contributed by atoms with Crippen LogP contribution in [0.15, 0.2) is 18.2 Å². The lowest BCUT2D eigenvalue weighted by atomic mass is 10.2. The molecule has 1 aliphatic heterocycles. The quantitative estimate of drug-likeness (QED) is 0.725. The Morgan fingerprint density at radius 2 is 2.05 bits per heavy atom. The molecular weight excluding hydrogens is 276 g/mol. The molecule has 0 spiro atoms. The molecule has 1 fully saturated rings. The van der Waals surface area contributed by atoms with Crippen LogP contribution in [0.1, 0.15) is 6.92 Å². The summed E-state index contributed by atoms with van der Waals surface area (Å²) in [5.74, 6) is -0.104. The summed E-state index contributed by atoms with van der Waals surface area (Å²) in [6.07, 6.45) is 0. The molecule has 0 saturated carbocycles. The summed E-state index contributed by atoms with van der Waals surface area (Å²) in [6, 6.07) is 5.58. The van der Waals surface area contributed by atoms with E-state index in [9.17, 15) is 4.79 Å². The van der Waals surface area contributed by atoms with Gasteiger partial charge in [-0.25, -0.2) is 0 Å². The standard InChI is InChI=1S/C13H18N4O2S/c1-9(18)15-10-2-3-11(16-13(14)20)12(8-10)17-4-6-19-7-5-17/h2-3,8H,4-7H2,1H3,(H,15,18)(H3,14,16,20). The van der Waals surface area contributed by atoms with Gasteiger partial charge in [0.05, 0.1) is 24.6 Å². The molecule has 108 valence electrons. The number of thiocarbonyl (C=S) groups is 1. The normalized spacial score (nSPS) is 14.8. The first-order valence-electron chi connectivity index (χ1n) is 6.37. The number of nitrogens with zero attached hydrogens (tertiary/aromatic N) is 1. The first-order valence-corrected chi connectivity index (χ1v) is 6.78.